The van der Waals surface area contributed by atoms with Gasteiger partial charge in [-0.2, -0.15) is 0 Å². The highest BCUT2D eigenvalue weighted by Crippen LogP contribution is 2.18. The minimum Gasteiger partial charge on any atom is -0.393 e. The quantitative estimate of drug-likeness (QED) is 0.876. The Labute approximate surface area is 97.0 Å². The average Bonchev–Trinajstić information content (AvgIpc) is 2.14. The zero-order valence-corrected chi connectivity index (χ0v) is 10.7. The molecule has 16 heavy (non-hydrogen) atoms. The molecule has 0 saturated heterocycles. The molecular weight excluding hydrogens is 224 g/mol. The molecule has 1 aromatic rings. The second-order valence-corrected chi connectivity index (χ2v) is 6.30. The molecule has 4 heteroatoms. The Bertz CT molecular complexity index is 461. The van der Waals surface area contributed by atoms with Crippen molar-refractivity contribution in [1.29, 1.82) is 0 Å². The van der Waals surface area contributed by atoms with Gasteiger partial charge in [0.25, 0.3) is 0 Å². The minimum atomic E-state index is -3.26. The maximum Gasteiger partial charge on any atom is 0.178 e. The molecule has 0 spiro atoms. The maximum atomic E-state index is 12.0. The Balaban J connectivity index is 2.99. The lowest BCUT2D eigenvalue weighted by Gasteiger charge is -2.09. The van der Waals surface area contributed by atoms with E-state index in [0.717, 1.165) is 11.1 Å². The van der Waals surface area contributed by atoms with E-state index >= 15 is 0 Å². The molecule has 1 unspecified atom stereocenters. The number of hydrogen-bond donors (Lipinski definition) is 1. The van der Waals surface area contributed by atoms with Gasteiger partial charge in [0.05, 0.1) is 16.8 Å². The van der Waals surface area contributed by atoms with Crippen LogP contribution in [0.1, 0.15) is 24.5 Å². The number of aliphatic hydroxyl groups excluding tert-OH is 1. The van der Waals surface area contributed by atoms with Gasteiger partial charge in [-0.05, 0) is 38.8 Å². The van der Waals surface area contributed by atoms with Crippen LogP contribution in [0.5, 0.6) is 0 Å². The van der Waals surface area contributed by atoms with Crippen molar-refractivity contribution >= 4 is 9.84 Å². The minimum absolute atomic E-state index is 0.00539. The van der Waals surface area contributed by atoms with Gasteiger partial charge in [-0.3, -0.25) is 0 Å². The molecular formula is C12H18O3S. The van der Waals surface area contributed by atoms with E-state index in [2.05, 4.69) is 0 Å². The third-order valence-electron chi connectivity index (χ3n) is 2.47. The first kappa shape index (κ1) is 13.2. The summed E-state index contributed by atoms with van der Waals surface area (Å²) < 4.78 is 23.9. The van der Waals surface area contributed by atoms with E-state index in [0.29, 0.717) is 4.90 Å². The van der Waals surface area contributed by atoms with Crippen LogP contribution in [0.4, 0.5) is 0 Å². The lowest BCUT2D eigenvalue weighted by atomic mass is 10.2. The number of sulfone groups is 1. The molecule has 1 atom stereocenters. The van der Waals surface area contributed by atoms with Crippen LogP contribution in [0.2, 0.25) is 0 Å². The van der Waals surface area contributed by atoms with Crippen molar-refractivity contribution in [1.82, 2.24) is 0 Å². The molecule has 0 fully saturated rings. The van der Waals surface area contributed by atoms with Gasteiger partial charge in [-0.15, -0.1) is 0 Å². The normalized spacial score (nSPS) is 13.8. The predicted molar refractivity (Wildman–Crippen MR) is 64.3 cm³/mol. The summed E-state index contributed by atoms with van der Waals surface area (Å²) in [6.07, 6.45) is -0.309. The monoisotopic (exact) mass is 242 g/mol. The molecule has 0 saturated carbocycles. The third kappa shape index (κ3) is 3.32. The van der Waals surface area contributed by atoms with Crippen molar-refractivity contribution in [2.75, 3.05) is 5.75 Å². The second-order valence-electron chi connectivity index (χ2n) is 4.23. The topological polar surface area (TPSA) is 54.4 Å². The SMILES string of the molecule is Cc1ccc(S(=O)(=O)CCC(C)O)c(C)c1. The van der Waals surface area contributed by atoms with E-state index in [1.54, 1.807) is 26.0 Å². The fraction of sp³-hybridized carbons (Fsp3) is 0.500. The zero-order valence-electron chi connectivity index (χ0n) is 9.90. The largest absolute Gasteiger partial charge is 0.393 e. The van der Waals surface area contributed by atoms with Crippen LogP contribution in [0.15, 0.2) is 23.1 Å². The second kappa shape index (κ2) is 4.97. The highest BCUT2D eigenvalue weighted by molar-refractivity contribution is 7.91. The Morgan fingerprint density at radius 3 is 2.44 bits per heavy atom. The highest BCUT2D eigenvalue weighted by atomic mass is 32.2. The van der Waals surface area contributed by atoms with Gasteiger partial charge in [-0.1, -0.05) is 17.7 Å². The molecule has 0 aliphatic heterocycles. The highest BCUT2D eigenvalue weighted by Gasteiger charge is 2.17. The van der Waals surface area contributed by atoms with E-state index in [4.69, 9.17) is 5.11 Å². The van der Waals surface area contributed by atoms with E-state index < -0.39 is 15.9 Å². The summed E-state index contributed by atoms with van der Waals surface area (Å²) in [5, 5.41) is 9.11. The number of benzene rings is 1. The molecule has 1 aromatic carbocycles. The Kier molecular flexibility index (Phi) is 4.10. The molecule has 0 aliphatic rings. The lowest BCUT2D eigenvalue weighted by Crippen LogP contribution is -2.13. The van der Waals surface area contributed by atoms with Crippen LogP contribution >= 0.6 is 0 Å². The number of aliphatic hydroxyl groups is 1. The summed E-state index contributed by atoms with van der Waals surface area (Å²) in [5.41, 5.74) is 1.82. The van der Waals surface area contributed by atoms with Crippen LogP contribution in [-0.2, 0) is 9.84 Å². The Morgan fingerprint density at radius 2 is 1.94 bits per heavy atom. The molecule has 0 heterocycles. The third-order valence-corrected chi connectivity index (χ3v) is 4.37. The number of aryl methyl sites for hydroxylation is 2. The van der Waals surface area contributed by atoms with E-state index in [1.165, 1.54) is 0 Å². The number of rotatable bonds is 4. The van der Waals surface area contributed by atoms with E-state index in [-0.39, 0.29) is 12.2 Å². The molecule has 0 amide bonds. The zero-order chi connectivity index (χ0) is 12.3. The van der Waals surface area contributed by atoms with Crippen molar-refractivity contribution in [2.24, 2.45) is 0 Å². The summed E-state index contributed by atoms with van der Waals surface area (Å²) in [7, 11) is -3.26. The summed E-state index contributed by atoms with van der Waals surface area (Å²) >= 11 is 0. The van der Waals surface area contributed by atoms with Gasteiger partial charge in [0, 0.05) is 0 Å². The molecule has 1 rings (SSSR count). The van der Waals surface area contributed by atoms with Crippen molar-refractivity contribution in [2.45, 2.75) is 38.2 Å². The molecule has 1 N–H and O–H groups in total. The fourth-order valence-corrected chi connectivity index (χ4v) is 3.28. The number of hydrogen-bond acceptors (Lipinski definition) is 3. The van der Waals surface area contributed by atoms with E-state index in [1.807, 2.05) is 13.0 Å². The van der Waals surface area contributed by atoms with Gasteiger partial charge in [-0.25, -0.2) is 8.42 Å². The van der Waals surface area contributed by atoms with Gasteiger partial charge in [0.15, 0.2) is 9.84 Å². The fourth-order valence-electron chi connectivity index (χ4n) is 1.58. The first-order valence-electron chi connectivity index (χ1n) is 5.31. The van der Waals surface area contributed by atoms with Gasteiger partial charge < -0.3 is 5.11 Å². The summed E-state index contributed by atoms with van der Waals surface area (Å²) in [5.74, 6) is -0.00539. The van der Waals surface area contributed by atoms with Crippen molar-refractivity contribution in [3.63, 3.8) is 0 Å². The first-order chi connectivity index (χ1) is 7.33. The van der Waals surface area contributed by atoms with Crippen LogP contribution < -0.4 is 0 Å². The summed E-state index contributed by atoms with van der Waals surface area (Å²) in [6, 6.07) is 5.29. The smallest absolute Gasteiger partial charge is 0.178 e. The van der Waals surface area contributed by atoms with Gasteiger partial charge in [0.2, 0.25) is 0 Å². The van der Waals surface area contributed by atoms with Crippen LogP contribution in [0.25, 0.3) is 0 Å². The predicted octanol–water partition coefficient (Wildman–Crippen LogP) is 1.85. The van der Waals surface area contributed by atoms with Crippen molar-refractivity contribution < 1.29 is 13.5 Å². The van der Waals surface area contributed by atoms with Crippen molar-refractivity contribution in [3.8, 4) is 0 Å². The average molecular weight is 242 g/mol. The van der Waals surface area contributed by atoms with Crippen LogP contribution in [-0.4, -0.2) is 25.4 Å². The van der Waals surface area contributed by atoms with Crippen LogP contribution in [0, 0.1) is 13.8 Å². The molecule has 3 nitrogen and oxygen atoms in total. The van der Waals surface area contributed by atoms with Gasteiger partial charge >= 0.3 is 0 Å². The Hall–Kier alpha value is -0.870. The Morgan fingerprint density at radius 1 is 1.31 bits per heavy atom. The first-order valence-corrected chi connectivity index (χ1v) is 6.96. The van der Waals surface area contributed by atoms with Gasteiger partial charge in [0.1, 0.15) is 0 Å². The van der Waals surface area contributed by atoms with E-state index in [9.17, 15) is 8.42 Å². The molecule has 0 bridgehead atoms. The van der Waals surface area contributed by atoms with Crippen LogP contribution in [0.3, 0.4) is 0 Å². The molecule has 0 aliphatic carbocycles. The van der Waals surface area contributed by atoms with Crippen molar-refractivity contribution in [3.05, 3.63) is 29.3 Å². The summed E-state index contributed by atoms with van der Waals surface area (Å²) in [4.78, 5) is 0.374. The lowest BCUT2D eigenvalue weighted by molar-refractivity contribution is 0.191. The molecule has 0 radical (unpaired) electrons. The maximum absolute atomic E-state index is 12.0. The molecule has 0 aromatic heterocycles. The molecule has 90 valence electrons. The standard InChI is InChI=1S/C12H18O3S/c1-9-4-5-12(10(2)8-9)16(14,15)7-6-11(3)13/h4-5,8,11,13H,6-7H2,1-3H3. The summed E-state index contributed by atoms with van der Waals surface area (Å²) in [6.45, 7) is 5.32.